The summed E-state index contributed by atoms with van der Waals surface area (Å²) in [6, 6.07) is 12.8. The first kappa shape index (κ1) is 11.0. The number of benzene rings is 1. The smallest absolute Gasteiger partial charge is 0.0908 e. The first-order chi connectivity index (χ1) is 7.79. The van der Waals surface area contributed by atoms with E-state index >= 15 is 0 Å². The molecule has 0 unspecified atom stereocenters. The number of thiophene rings is 1. The molecule has 1 aromatic heterocycles. The summed E-state index contributed by atoms with van der Waals surface area (Å²) in [5.74, 6) is 0. The molecule has 2 aromatic rings. The Balaban J connectivity index is 2.03. The van der Waals surface area contributed by atoms with Crippen LogP contribution < -0.4 is 10.2 Å². The summed E-state index contributed by atoms with van der Waals surface area (Å²) in [7, 11) is 4.06. The number of nitrogens with one attached hydrogen (secondary N) is 1. The van der Waals surface area contributed by atoms with Crippen LogP contribution in [0.2, 0.25) is 0 Å². The molecule has 0 aliphatic carbocycles. The highest BCUT2D eigenvalue weighted by Gasteiger charge is 2.02. The first-order valence-corrected chi connectivity index (χ1v) is 6.19. The predicted octanol–water partition coefficient (Wildman–Crippen LogP) is 3.43. The minimum absolute atomic E-state index is 0.949. The molecular weight excluding hydrogens is 216 g/mol. The molecule has 0 amide bonds. The van der Waals surface area contributed by atoms with E-state index in [1.54, 1.807) is 11.3 Å². The lowest BCUT2D eigenvalue weighted by atomic mass is 10.2. The molecule has 0 aliphatic rings. The van der Waals surface area contributed by atoms with E-state index in [9.17, 15) is 0 Å². The summed E-state index contributed by atoms with van der Waals surface area (Å²) in [4.78, 5) is 2.26. The number of nitrogens with zero attached hydrogens (tertiary/aromatic N) is 1. The molecule has 0 saturated heterocycles. The zero-order valence-electron chi connectivity index (χ0n) is 9.60. The fourth-order valence-corrected chi connectivity index (χ4v) is 2.31. The Bertz CT molecular complexity index is 420. The van der Waals surface area contributed by atoms with E-state index in [0.717, 1.165) is 12.2 Å². The molecule has 0 spiro atoms. The largest absolute Gasteiger partial charge is 0.388 e. The third kappa shape index (κ3) is 2.55. The van der Waals surface area contributed by atoms with Crippen molar-refractivity contribution in [3.05, 3.63) is 47.3 Å². The van der Waals surface area contributed by atoms with Crippen LogP contribution >= 0.6 is 11.3 Å². The molecule has 0 bridgehead atoms. The predicted molar refractivity (Wildman–Crippen MR) is 72.4 cm³/mol. The van der Waals surface area contributed by atoms with Crippen LogP contribution in [0, 0.1) is 0 Å². The van der Waals surface area contributed by atoms with Crippen LogP contribution in [0.25, 0.3) is 0 Å². The summed E-state index contributed by atoms with van der Waals surface area (Å²) in [6.07, 6.45) is 0. The minimum atomic E-state index is 0.949. The summed E-state index contributed by atoms with van der Waals surface area (Å²) >= 11 is 1.77. The fourth-order valence-electron chi connectivity index (χ4n) is 1.62. The van der Waals surface area contributed by atoms with Crippen LogP contribution in [0.1, 0.15) is 5.56 Å². The van der Waals surface area contributed by atoms with Crippen molar-refractivity contribution in [2.24, 2.45) is 0 Å². The molecule has 1 heterocycles. The maximum atomic E-state index is 3.12. The number of anilines is 2. The zero-order valence-corrected chi connectivity index (χ0v) is 10.4. The Morgan fingerprint density at radius 3 is 2.50 bits per heavy atom. The monoisotopic (exact) mass is 232 g/mol. The van der Waals surface area contributed by atoms with Crippen molar-refractivity contribution in [1.82, 2.24) is 0 Å². The van der Waals surface area contributed by atoms with Crippen molar-refractivity contribution in [3.63, 3.8) is 0 Å². The molecule has 0 radical (unpaired) electrons. The van der Waals surface area contributed by atoms with Gasteiger partial charge in [-0.15, -0.1) is 11.3 Å². The standard InChI is InChI=1S/C13H16N2S/c1-14-12-7-5-11(6-8-12)10-15(2)13-4-3-9-16-13/h3-9,14H,10H2,1-2H3. The zero-order chi connectivity index (χ0) is 11.4. The van der Waals surface area contributed by atoms with E-state index in [1.807, 2.05) is 7.05 Å². The van der Waals surface area contributed by atoms with Gasteiger partial charge >= 0.3 is 0 Å². The Labute approximate surface area is 101 Å². The highest BCUT2D eigenvalue weighted by molar-refractivity contribution is 7.14. The average Bonchev–Trinajstić information content (AvgIpc) is 2.83. The maximum absolute atomic E-state index is 3.12. The van der Waals surface area contributed by atoms with Crippen LogP contribution in [0.5, 0.6) is 0 Å². The van der Waals surface area contributed by atoms with E-state index in [1.165, 1.54) is 10.6 Å². The van der Waals surface area contributed by atoms with Crippen LogP contribution in [0.4, 0.5) is 10.7 Å². The van der Waals surface area contributed by atoms with E-state index in [4.69, 9.17) is 0 Å². The van der Waals surface area contributed by atoms with Crippen molar-refractivity contribution in [2.75, 3.05) is 24.3 Å². The Hall–Kier alpha value is -1.48. The molecule has 2 nitrogen and oxygen atoms in total. The number of hydrogen-bond donors (Lipinski definition) is 1. The average molecular weight is 232 g/mol. The van der Waals surface area contributed by atoms with Gasteiger partial charge in [0.25, 0.3) is 0 Å². The normalized spacial score (nSPS) is 10.1. The molecule has 0 aliphatic heterocycles. The van der Waals surface area contributed by atoms with Gasteiger partial charge in [-0.1, -0.05) is 12.1 Å². The molecule has 1 aromatic carbocycles. The molecule has 2 rings (SSSR count). The SMILES string of the molecule is CNc1ccc(CN(C)c2cccs2)cc1. The maximum Gasteiger partial charge on any atom is 0.0908 e. The molecule has 0 atom stereocenters. The van der Waals surface area contributed by atoms with Gasteiger partial charge in [0.2, 0.25) is 0 Å². The summed E-state index contributed by atoms with van der Waals surface area (Å²) in [5, 5.41) is 6.53. The van der Waals surface area contributed by atoms with Crippen LogP contribution in [0.3, 0.4) is 0 Å². The van der Waals surface area contributed by atoms with E-state index in [-0.39, 0.29) is 0 Å². The van der Waals surface area contributed by atoms with Gasteiger partial charge in [0, 0.05) is 26.3 Å². The van der Waals surface area contributed by atoms with Gasteiger partial charge in [0.05, 0.1) is 5.00 Å². The summed E-state index contributed by atoms with van der Waals surface area (Å²) in [6.45, 7) is 0.949. The molecule has 84 valence electrons. The van der Waals surface area contributed by atoms with Gasteiger partial charge in [-0.05, 0) is 35.2 Å². The molecular formula is C13H16N2S. The van der Waals surface area contributed by atoms with Crippen LogP contribution in [0.15, 0.2) is 41.8 Å². The molecule has 0 fully saturated rings. The van der Waals surface area contributed by atoms with Crippen LogP contribution in [-0.2, 0) is 6.54 Å². The van der Waals surface area contributed by atoms with Gasteiger partial charge < -0.3 is 10.2 Å². The van der Waals surface area contributed by atoms with E-state index in [2.05, 4.69) is 59.0 Å². The molecule has 1 N–H and O–H groups in total. The number of rotatable bonds is 4. The van der Waals surface area contributed by atoms with Crippen molar-refractivity contribution in [2.45, 2.75) is 6.54 Å². The Kier molecular flexibility index (Phi) is 3.47. The highest BCUT2D eigenvalue weighted by atomic mass is 32.1. The van der Waals surface area contributed by atoms with Gasteiger partial charge in [0.15, 0.2) is 0 Å². The quantitative estimate of drug-likeness (QED) is 0.869. The van der Waals surface area contributed by atoms with Crippen molar-refractivity contribution >= 4 is 22.0 Å². The van der Waals surface area contributed by atoms with Crippen molar-refractivity contribution in [1.29, 1.82) is 0 Å². The fraction of sp³-hybridized carbons (Fsp3) is 0.231. The van der Waals surface area contributed by atoms with E-state index < -0.39 is 0 Å². The second-order valence-corrected chi connectivity index (χ2v) is 4.68. The highest BCUT2D eigenvalue weighted by Crippen LogP contribution is 2.21. The topological polar surface area (TPSA) is 15.3 Å². The van der Waals surface area contributed by atoms with Crippen molar-refractivity contribution < 1.29 is 0 Å². The minimum Gasteiger partial charge on any atom is -0.388 e. The van der Waals surface area contributed by atoms with Gasteiger partial charge in [-0.25, -0.2) is 0 Å². The molecule has 16 heavy (non-hydrogen) atoms. The second-order valence-electron chi connectivity index (χ2n) is 3.75. The van der Waals surface area contributed by atoms with Gasteiger partial charge in [0.1, 0.15) is 0 Å². The lowest BCUT2D eigenvalue weighted by molar-refractivity contribution is 0.935. The van der Waals surface area contributed by atoms with E-state index in [0.29, 0.717) is 0 Å². The summed E-state index contributed by atoms with van der Waals surface area (Å²) in [5.41, 5.74) is 2.48. The Morgan fingerprint density at radius 2 is 1.94 bits per heavy atom. The summed E-state index contributed by atoms with van der Waals surface area (Å²) < 4.78 is 0. The lowest BCUT2D eigenvalue weighted by Crippen LogP contribution is -2.14. The third-order valence-electron chi connectivity index (χ3n) is 2.54. The molecule has 0 saturated carbocycles. The van der Waals surface area contributed by atoms with Gasteiger partial charge in [-0.2, -0.15) is 0 Å². The molecule has 3 heteroatoms. The van der Waals surface area contributed by atoms with Gasteiger partial charge in [-0.3, -0.25) is 0 Å². The number of hydrogen-bond acceptors (Lipinski definition) is 3. The van der Waals surface area contributed by atoms with Crippen molar-refractivity contribution in [3.8, 4) is 0 Å². The second kappa shape index (κ2) is 5.03. The lowest BCUT2D eigenvalue weighted by Gasteiger charge is -2.17. The van der Waals surface area contributed by atoms with Crippen LogP contribution in [-0.4, -0.2) is 14.1 Å². The third-order valence-corrected chi connectivity index (χ3v) is 3.53. The Morgan fingerprint density at radius 1 is 1.19 bits per heavy atom. The first-order valence-electron chi connectivity index (χ1n) is 5.31.